The van der Waals surface area contributed by atoms with Crippen molar-refractivity contribution in [3.05, 3.63) is 49.1 Å². The van der Waals surface area contributed by atoms with Crippen LogP contribution in [-0.4, -0.2) is 72.4 Å². The van der Waals surface area contributed by atoms with Gasteiger partial charge in [-0.05, 0) is 25.2 Å². The van der Waals surface area contributed by atoms with Crippen molar-refractivity contribution in [1.82, 2.24) is 39.2 Å². The third-order valence-corrected chi connectivity index (χ3v) is 4.76. The number of para-hydroxylation sites is 2. The molecule has 1 aliphatic rings. The molecule has 9 nitrogen and oxygen atoms in total. The van der Waals surface area contributed by atoms with E-state index in [9.17, 15) is 0 Å². The first kappa shape index (κ1) is 15.9. The van der Waals surface area contributed by atoms with E-state index in [0.717, 1.165) is 37.2 Å². The SMILES string of the molecule is CN1CCN(c2nc(-n3cccn3)nc(-n3cnc4ccccc43)n2)CC1. The molecule has 27 heavy (non-hydrogen) atoms. The summed E-state index contributed by atoms with van der Waals surface area (Å²) in [6.45, 7) is 3.71. The quantitative estimate of drug-likeness (QED) is 0.541. The molecule has 5 rings (SSSR count). The molecular formula is C18H19N9. The van der Waals surface area contributed by atoms with Crippen LogP contribution in [0.2, 0.25) is 0 Å². The van der Waals surface area contributed by atoms with Gasteiger partial charge in [-0.15, -0.1) is 0 Å². The number of hydrogen-bond donors (Lipinski definition) is 0. The van der Waals surface area contributed by atoms with E-state index in [-0.39, 0.29) is 0 Å². The summed E-state index contributed by atoms with van der Waals surface area (Å²) in [6, 6.07) is 9.79. The van der Waals surface area contributed by atoms with Gasteiger partial charge in [-0.1, -0.05) is 12.1 Å². The molecule has 0 radical (unpaired) electrons. The van der Waals surface area contributed by atoms with Gasteiger partial charge in [-0.3, -0.25) is 4.57 Å². The Kier molecular flexibility index (Phi) is 3.79. The second kappa shape index (κ2) is 6.44. The first-order chi connectivity index (χ1) is 13.3. The minimum Gasteiger partial charge on any atom is -0.338 e. The van der Waals surface area contributed by atoms with Crippen molar-refractivity contribution in [1.29, 1.82) is 0 Å². The van der Waals surface area contributed by atoms with Gasteiger partial charge in [0, 0.05) is 38.6 Å². The lowest BCUT2D eigenvalue weighted by Crippen LogP contribution is -2.45. The van der Waals surface area contributed by atoms with Crippen molar-refractivity contribution >= 4 is 17.0 Å². The van der Waals surface area contributed by atoms with E-state index in [1.807, 2.05) is 41.1 Å². The Labute approximate surface area is 155 Å². The number of nitrogens with zero attached hydrogens (tertiary/aromatic N) is 9. The highest BCUT2D eigenvalue weighted by atomic mass is 15.4. The molecule has 0 bridgehead atoms. The Morgan fingerprint density at radius 1 is 0.852 bits per heavy atom. The highest BCUT2D eigenvalue weighted by Gasteiger charge is 2.20. The van der Waals surface area contributed by atoms with Gasteiger partial charge in [0.1, 0.15) is 6.33 Å². The summed E-state index contributed by atoms with van der Waals surface area (Å²) in [4.78, 5) is 23.0. The smallest absolute Gasteiger partial charge is 0.257 e. The fraction of sp³-hybridized carbons (Fsp3) is 0.278. The van der Waals surface area contributed by atoms with E-state index in [4.69, 9.17) is 4.98 Å². The molecule has 4 heterocycles. The molecule has 0 N–H and O–H groups in total. The van der Waals surface area contributed by atoms with E-state index in [1.54, 1.807) is 17.2 Å². The molecular weight excluding hydrogens is 342 g/mol. The fourth-order valence-corrected chi connectivity index (χ4v) is 3.21. The van der Waals surface area contributed by atoms with Crippen molar-refractivity contribution < 1.29 is 0 Å². The molecule has 9 heteroatoms. The Balaban J connectivity index is 1.64. The van der Waals surface area contributed by atoms with Crippen LogP contribution < -0.4 is 4.90 Å². The maximum atomic E-state index is 4.75. The normalized spacial score (nSPS) is 15.5. The van der Waals surface area contributed by atoms with Crippen molar-refractivity contribution in [3.63, 3.8) is 0 Å². The second-order valence-electron chi connectivity index (χ2n) is 6.58. The predicted molar refractivity (Wildman–Crippen MR) is 101 cm³/mol. The van der Waals surface area contributed by atoms with Gasteiger partial charge >= 0.3 is 0 Å². The van der Waals surface area contributed by atoms with Gasteiger partial charge < -0.3 is 9.80 Å². The Hall–Kier alpha value is -3.33. The lowest BCUT2D eigenvalue weighted by molar-refractivity contribution is 0.311. The van der Waals surface area contributed by atoms with Crippen molar-refractivity contribution in [2.45, 2.75) is 0 Å². The molecule has 3 aromatic heterocycles. The van der Waals surface area contributed by atoms with Gasteiger partial charge in [0.25, 0.3) is 5.95 Å². The summed E-state index contributed by atoms with van der Waals surface area (Å²) in [5.74, 6) is 1.70. The third kappa shape index (κ3) is 2.91. The number of piperazine rings is 1. The summed E-state index contributed by atoms with van der Waals surface area (Å²) in [5.41, 5.74) is 1.86. The number of likely N-dealkylation sites (N-methyl/N-ethyl adjacent to an activating group) is 1. The van der Waals surface area contributed by atoms with Gasteiger partial charge in [0.15, 0.2) is 0 Å². The summed E-state index contributed by atoms with van der Waals surface area (Å²) >= 11 is 0. The molecule has 1 aliphatic heterocycles. The highest BCUT2D eigenvalue weighted by Crippen LogP contribution is 2.19. The zero-order chi connectivity index (χ0) is 18.2. The standard InChI is InChI=1S/C18H19N9/c1-24-9-11-25(12-10-24)16-21-17(23-18(22-16)27-8-4-7-20-27)26-13-19-14-5-2-3-6-15(14)26/h2-8,13H,9-12H2,1H3. The Morgan fingerprint density at radius 3 is 2.44 bits per heavy atom. The van der Waals surface area contributed by atoms with E-state index < -0.39 is 0 Å². The Bertz CT molecular complexity index is 1060. The molecule has 0 amide bonds. The van der Waals surface area contributed by atoms with E-state index in [0.29, 0.717) is 17.8 Å². The van der Waals surface area contributed by atoms with Crippen LogP contribution in [0.1, 0.15) is 0 Å². The molecule has 0 saturated carbocycles. The van der Waals surface area contributed by atoms with Gasteiger partial charge in [0.05, 0.1) is 11.0 Å². The zero-order valence-electron chi connectivity index (χ0n) is 15.0. The fourth-order valence-electron chi connectivity index (χ4n) is 3.21. The molecule has 1 saturated heterocycles. The summed E-state index contributed by atoms with van der Waals surface area (Å²) in [7, 11) is 2.13. The predicted octanol–water partition coefficient (Wildman–Crippen LogP) is 1.15. The maximum absolute atomic E-state index is 4.75. The summed E-state index contributed by atoms with van der Waals surface area (Å²) in [5, 5.41) is 4.28. The third-order valence-electron chi connectivity index (χ3n) is 4.76. The number of rotatable bonds is 3. The maximum Gasteiger partial charge on any atom is 0.257 e. The van der Waals surface area contributed by atoms with Crippen LogP contribution in [0, 0.1) is 0 Å². The number of benzene rings is 1. The molecule has 136 valence electrons. The molecule has 0 spiro atoms. The van der Waals surface area contributed by atoms with E-state index in [1.165, 1.54) is 0 Å². The first-order valence-electron chi connectivity index (χ1n) is 8.90. The van der Waals surface area contributed by atoms with Gasteiger partial charge in [-0.25, -0.2) is 9.67 Å². The minimum atomic E-state index is 0.497. The summed E-state index contributed by atoms with van der Waals surface area (Å²) in [6.07, 6.45) is 5.30. The van der Waals surface area contributed by atoms with Crippen molar-refractivity contribution in [2.75, 3.05) is 38.1 Å². The second-order valence-corrected chi connectivity index (χ2v) is 6.58. The van der Waals surface area contributed by atoms with Crippen LogP contribution in [0.5, 0.6) is 0 Å². The lowest BCUT2D eigenvalue weighted by Gasteiger charge is -2.32. The Morgan fingerprint density at radius 2 is 1.63 bits per heavy atom. The topological polar surface area (TPSA) is 80.8 Å². The number of imidazole rings is 1. The highest BCUT2D eigenvalue weighted by molar-refractivity contribution is 5.76. The van der Waals surface area contributed by atoms with Gasteiger partial charge in [0.2, 0.25) is 11.9 Å². The molecule has 1 fully saturated rings. The summed E-state index contributed by atoms with van der Waals surface area (Å²) < 4.78 is 3.55. The lowest BCUT2D eigenvalue weighted by atomic mass is 10.3. The van der Waals surface area contributed by atoms with Crippen LogP contribution in [0.3, 0.4) is 0 Å². The molecule has 0 unspecified atom stereocenters. The average Bonchev–Trinajstić information content (AvgIpc) is 3.38. The zero-order valence-corrected chi connectivity index (χ0v) is 15.0. The molecule has 1 aromatic carbocycles. The van der Waals surface area contributed by atoms with E-state index >= 15 is 0 Å². The first-order valence-corrected chi connectivity index (χ1v) is 8.90. The van der Waals surface area contributed by atoms with Crippen LogP contribution in [-0.2, 0) is 0 Å². The van der Waals surface area contributed by atoms with Crippen LogP contribution in [0.4, 0.5) is 5.95 Å². The largest absolute Gasteiger partial charge is 0.338 e. The number of anilines is 1. The monoisotopic (exact) mass is 361 g/mol. The number of hydrogen-bond acceptors (Lipinski definition) is 7. The molecule has 0 aliphatic carbocycles. The van der Waals surface area contributed by atoms with Crippen LogP contribution in [0.15, 0.2) is 49.1 Å². The molecule has 0 atom stereocenters. The van der Waals surface area contributed by atoms with Crippen molar-refractivity contribution in [2.24, 2.45) is 0 Å². The average molecular weight is 361 g/mol. The van der Waals surface area contributed by atoms with E-state index in [2.05, 4.69) is 36.9 Å². The minimum absolute atomic E-state index is 0.497. The number of fused-ring (bicyclic) bond motifs is 1. The number of aromatic nitrogens is 7. The van der Waals surface area contributed by atoms with Gasteiger partial charge in [-0.2, -0.15) is 20.1 Å². The van der Waals surface area contributed by atoms with Crippen LogP contribution >= 0.6 is 0 Å². The molecule has 4 aromatic rings. The van der Waals surface area contributed by atoms with Crippen molar-refractivity contribution in [3.8, 4) is 11.9 Å². The van der Waals surface area contributed by atoms with Crippen LogP contribution in [0.25, 0.3) is 22.9 Å².